The van der Waals surface area contributed by atoms with Gasteiger partial charge in [0.25, 0.3) is 5.91 Å². The number of nitroso groups, excluding NO2 is 1. The van der Waals surface area contributed by atoms with Crippen molar-refractivity contribution in [2.45, 2.75) is 83.3 Å². The molecule has 1 saturated carbocycles. The minimum Gasteiger partial charge on any atom is -0.493 e. The molecule has 1 aliphatic carbocycles. The number of halogens is 1. The SMILES string of the molecule is NC(=O)COc1ccc(Cl)cc1CNC(=O)[C@H]1CCCN1C(=O)[C@@H](N)C1CCCCC1.[3H]NC(=O)CCCOc1cc(N=O)c(C(C)=O)cc1OC. The first-order valence-electron chi connectivity index (χ1n) is 17.3. The first-order chi connectivity index (χ1) is 24.9. The number of likely N-dealkylation sites (tertiary alicyclic amines) is 1. The summed E-state index contributed by atoms with van der Waals surface area (Å²) < 4.78 is 22.6. The van der Waals surface area contributed by atoms with E-state index in [0.717, 1.165) is 32.1 Å². The molecule has 2 aromatic rings. The highest BCUT2D eigenvalue weighted by atomic mass is 35.5. The number of amides is 4. The smallest absolute Gasteiger partial charge is 0.255 e. The Kier molecular flexibility index (Phi) is 15.4. The van der Waals surface area contributed by atoms with Crippen molar-refractivity contribution in [3.05, 3.63) is 51.4 Å². The fourth-order valence-electron chi connectivity index (χ4n) is 6.06. The van der Waals surface area contributed by atoms with Crippen molar-refractivity contribution in [3.63, 3.8) is 0 Å². The van der Waals surface area contributed by atoms with Crippen LogP contribution in [0.3, 0.4) is 0 Å². The van der Waals surface area contributed by atoms with E-state index in [1.165, 1.54) is 32.6 Å². The van der Waals surface area contributed by atoms with Crippen LogP contribution in [0.4, 0.5) is 5.69 Å². The minimum atomic E-state index is -0.598. The second kappa shape index (κ2) is 20.2. The molecule has 4 amide bonds. The number of benzene rings is 2. The second-order valence-electron chi connectivity index (χ2n) is 12.4. The highest BCUT2D eigenvalue weighted by Crippen LogP contribution is 2.35. The van der Waals surface area contributed by atoms with Gasteiger partial charge in [0.2, 0.25) is 17.7 Å². The molecule has 0 spiro atoms. The molecule has 51 heavy (non-hydrogen) atoms. The molecule has 16 heteroatoms. The molecule has 0 radical (unpaired) electrons. The van der Waals surface area contributed by atoms with E-state index in [9.17, 15) is 28.9 Å². The van der Waals surface area contributed by atoms with Crippen LogP contribution in [-0.4, -0.2) is 73.3 Å². The summed E-state index contributed by atoms with van der Waals surface area (Å²) in [5, 5.41) is 6.15. The van der Waals surface area contributed by atoms with Gasteiger partial charge in [-0.1, -0.05) is 30.9 Å². The summed E-state index contributed by atoms with van der Waals surface area (Å²) in [7, 11) is 1.41. The minimum absolute atomic E-state index is 0.0257. The fraction of sp³-hybridized carbons (Fsp3) is 0.514. The van der Waals surface area contributed by atoms with Crippen LogP contribution in [-0.2, 0) is 25.7 Å². The maximum absolute atomic E-state index is 13.0. The number of methoxy groups -OCH3 is 1. The molecule has 2 fully saturated rings. The number of primary amides is 2. The van der Waals surface area contributed by atoms with Crippen LogP contribution in [0.25, 0.3) is 0 Å². The largest absolute Gasteiger partial charge is 0.493 e. The molecular weight excluding hydrogens is 684 g/mol. The molecule has 2 aromatic carbocycles. The highest BCUT2D eigenvalue weighted by molar-refractivity contribution is 6.30. The van der Waals surface area contributed by atoms with Crippen molar-refractivity contribution in [1.82, 2.24) is 10.2 Å². The van der Waals surface area contributed by atoms with Crippen LogP contribution in [0.1, 0.15) is 80.6 Å². The van der Waals surface area contributed by atoms with Gasteiger partial charge in [0.15, 0.2) is 25.3 Å². The van der Waals surface area contributed by atoms with Crippen LogP contribution in [0.15, 0.2) is 35.5 Å². The zero-order valence-electron chi connectivity index (χ0n) is 29.9. The summed E-state index contributed by atoms with van der Waals surface area (Å²) in [4.78, 5) is 71.7. The van der Waals surface area contributed by atoms with Crippen LogP contribution >= 0.6 is 11.6 Å². The quantitative estimate of drug-likeness (QED) is 0.111. The third-order valence-electron chi connectivity index (χ3n) is 8.69. The Morgan fingerprint density at radius 3 is 2.41 bits per heavy atom. The van der Waals surface area contributed by atoms with Crippen LogP contribution < -0.4 is 36.7 Å². The molecule has 2 atom stereocenters. The molecule has 2 aliphatic rings. The van der Waals surface area contributed by atoms with Gasteiger partial charge in [0, 0.05) is 36.2 Å². The lowest BCUT2D eigenvalue weighted by atomic mass is 9.83. The lowest BCUT2D eigenvalue weighted by molar-refractivity contribution is -0.140. The fourth-order valence-corrected chi connectivity index (χ4v) is 6.25. The van der Waals surface area contributed by atoms with Gasteiger partial charge in [-0.15, -0.1) is 4.91 Å². The molecule has 1 saturated heterocycles. The molecule has 0 unspecified atom stereocenters. The van der Waals surface area contributed by atoms with Gasteiger partial charge in [-0.3, -0.25) is 24.0 Å². The lowest BCUT2D eigenvalue weighted by Crippen LogP contribution is -2.53. The topological polar surface area (TPSA) is 236 Å². The molecule has 278 valence electrons. The summed E-state index contributed by atoms with van der Waals surface area (Å²) in [6.07, 6.45) is 7.27. The van der Waals surface area contributed by atoms with Gasteiger partial charge in [0.05, 0.1) is 25.3 Å². The van der Waals surface area contributed by atoms with Gasteiger partial charge < -0.3 is 41.6 Å². The van der Waals surface area contributed by atoms with Gasteiger partial charge in [-0.05, 0) is 74.4 Å². The molecule has 1 heterocycles. The highest BCUT2D eigenvalue weighted by Gasteiger charge is 2.38. The van der Waals surface area contributed by atoms with E-state index in [-0.39, 0.29) is 66.7 Å². The Morgan fingerprint density at radius 1 is 1.02 bits per heavy atom. The maximum atomic E-state index is 13.0. The van der Waals surface area contributed by atoms with Gasteiger partial charge in [0.1, 0.15) is 17.5 Å². The van der Waals surface area contributed by atoms with E-state index in [4.69, 9.17) is 38.7 Å². The number of ketones is 1. The van der Waals surface area contributed by atoms with E-state index in [0.29, 0.717) is 41.5 Å². The predicted molar refractivity (Wildman–Crippen MR) is 190 cm³/mol. The van der Waals surface area contributed by atoms with E-state index in [2.05, 4.69) is 10.5 Å². The Morgan fingerprint density at radius 2 is 1.76 bits per heavy atom. The van der Waals surface area contributed by atoms with Crippen LogP contribution in [0.2, 0.25) is 6.43 Å². The Labute approximate surface area is 303 Å². The lowest BCUT2D eigenvalue weighted by Gasteiger charge is -2.32. The third kappa shape index (κ3) is 12.2. The average molecular weight is 733 g/mol. The maximum Gasteiger partial charge on any atom is 0.255 e. The third-order valence-corrected chi connectivity index (χ3v) is 8.93. The van der Waals surface area contributed by atoms with Crippen molar-refractivity contribution in [1.29, 1.82) is 0 Å². The number of carbonyl (C=O) groups excluding carboxylic acids is 5. The summed E-state index contributed by atoms with van der Waals surface area (Å²) >= 11 is 6.07. The number of nitrogens with one attached hydrogen (secondary N) is 1. The van der Waals surface area contributed by atoms with E-state index < -0.39 is 23.9 Å². The number of ether oxygens (including phenoxy) is 3. The number of rotatable bonds is 16. The summed E-state index contributed by atoms with van der Waals surface area (Å²) in [6, 6.07) is 6.56. The van der Waals surface area contributed by atoms with Gasteiger partial charge in [-0.2, -0.15) is 0 Å². The normalized spacial score (nSPS) is 16.4. The summed E-state index contributed by atoms with van der Waals surface area (Å²) in [6.45, 7) is 1.94. The summed E-state index contributed by atoms with van der Waals surface area (Å²) in [5.74, 6) is -0.487. The van der Waals surface area contributed by atoms with Crippen LogP contribution in [0.5, 0.6) is 17.2 Å². The molecule has 1 aliphatic heterocycles. The standard InChI is InChI=1S/C22H31ClN4O4.C13H16N2O5/c23-16-8-9-18(31-13-19(24)28)15(11-16)12-26-21(29)17-7-4-10-27(17)22(30)20(25)14-5-2-1-3-6-14;1-8(16)9-6-11(19-2)12(7-10(9)15-18)20-5-3-4-13(14)17/h8-9,11,14,17,20H,1-7,10,12-13,25H2,(H2,24,28)(H,26,29);6-7H,3-5H2,1-2H3,(H2,14,17)/t17-,20+;/m1./s1/i/hT. The number of hydrogen-bond acceptors (Lipinski definition) is 11. The molecular formula is C35H47ClN6O9. The van der Waals surface area contributed by atoms with E-state index in [1.54, 1.807) is 28.8 Å². The molecule has 0 bridgehead atoms. The van der Waals surface area contributed by atoms with Gasteiger partial charge in [-0.25, -0.2) is 0 Å². The second-order valence-corrected chi connectivity index (χ2v) is 12.8. The van der Waals surface area contributed by atoms with Crippen molar-refractivity contribution < 1.29 is 39.6 Å². The van der Waals surface area contributed by atoms with E-state index in [1.807, 2.05) is 0 Å². The number of carbonyl (C=O) groups is 5. The van der Waals surface area contributed by atoms with E-state index >= 15 is 0 Å². The Balaban J connectivity index is 0.000000304. The van der Waals surface area contributed by atoms with Crippen molar-refractivity contribution in [3.8, 4) is 17.2 Å². The predicted octanol–water partition coefficient (Wildman–Crippen LogP) is 3.66. The number of nitrogens with two attached hydrogens (primary N) is 3. The molecule has 15 nitrogen and oxygen atoms in total. The Bertz CT molecular complexity index is 1590. The summed E-state index contributed by atoms with van der Waals surface area (Å²) in [5.41, 5.74) is 14.0. The zero-order valence-corrected chi connectivity index (χ0v) is 29.7. The van der Waals surface area contributed by atoms with Crippen molar-refractivity contribution >= 4 is 46.7 Å². The first kappa shape index (κ1) is 39.0. The first-order valence-corrected chi connectivity index (χ1v) is 17.2. The van der Waals surface area contributed by atoms with Crippen LogP contribution in [0, 0.1) is 10.8 Å². The molecule has 0 aromatic heterocycles. The monoisotopic (exact) mass is 732 g/mol. The van der Waals surface area contributed by atoms with Crippen molar-refractivity contribution in [2.75, 3.05) is 26.9 Å². The molecule has 7 N–H and O–H groups in total. The number of Topliss-reactive ketones (excluding diaryl/α,β-unsaturated/α-hetero) is 1. The van der Waals surface area contributed by atoms with Crippen molar-refractivity contribution in [2.24, 2.45) is 28.3 Å². The number of hydrogen-bond donors (Lipinski definition) is 4. The van der Waals surface area contributed by atoms with Gasteiger partial charge >= 0.3 is 0 Å². The molecule has 4 rings (SSSR count). The number of nitrogens with zero attached hydrogens (tertiary/aromatic N) is 2. The average Bonchev–Trinajstić information content (AvgIpc) is 3.65. The Hall–Kier alpha value is -4.76. The zero-order chi connectivity index (χ0) is 38.2.